The number of benzene rings is 1. The van der Waals surface area contributed by atoms with Crippen LogP contribution in [0.5, 0.6) is 5.75 Å². The molecule has 1 fully saturated rings. The van der Waals surface area contributed by atoms with Crippen molar-refractivity contribution in [2.75, 3.05) is 20.2 Å². The highest BCUT2D eigenvalue weighted by atomic mass is 19.1. The maximum Gasteiger partial charge on any atom is 0.131 e. The first kappa shape index (κ1) is 11.4. The third-order valence-corrected chi connectivity index (χ3v) is 3.10. The van der Waals surface area contributed by atoms with Crippen LogP contribution in [0.2, 0.25) is 0 Å². The average Bonchev–Trinajstić information content (AvgIpc) is 2.33. The Kier molecular flexibility index (Phi) is 3.78. The maximum absolute atomic E-state index is 13.7. The van der Waals surface area contributed by atoms with E-state index in [-0.39, 0.29) is 5.82 Å². The second-order valence-corrected chi connectivity index (χ2v) is 4.29. The lowest BCUT2D eigenvalue weighted by molar-refractivity contribution is 0.218. The van der Waals surface area contributed by atoms with Gasteiger partial charge in [0.2, 0.25) is 0 Å². The van der Waals surface area contributed by atoms with E-state index in [1.807, 2.05) is 12.1 Å². The molecule has 0 aliphatic carbocycles. The van der Waals surface area contributed by atoms with Crippen LogP contribution in [0.3, 0.4) is 0 Å². The van der Waals surface area contributed by atoms with Gasteiger partial charge >= 0.3 is 0 Å². The quantitative estimate of drug-likeness (QED) is 0.781. The summed E-state index contributed by atoms with van der Waals surface area (Å²) in [6.45, 7) is 2.90. The van der Waals surface area contributed by atoms with Gasteiger partial charge in [-0.1, -0.05) is 12.5 Å². The van der Waals surface area contributed by atoms with E-state index in [0.717, 1.165) is 25.2 Å². The first-order chi connectivity index (χ1) is 7.79. The molecule has 1 aromatic rings. The molecule has 3 heteroatoms. The first-order valence-electron chi connectivity index (χ1n) is 5.84. The maximum atomic E-state index is 13.7. The number of methoxy groups -OCH3 is 1. The molecule has 0 spiro atoms. The number of hydrogen-bond donors (Lipinski definition) is 0. The van der Waals surface area contributed by atoms with Gasteiger partial charge in [0.25, 0.3) is 0 Å². The van der Waals surface area contributed by atoms with E-state index < -0.39 is 0 Å². The van der Waals surface area contributed by atoms with E-state index in [1.165, 1.54) is 25.3 Å². The highest BCUT2D eigenvalue weighted by molar-refractivity contribution is 5.28. The molecule has 2 rings (SSSR count). The van der Waals surface area contributed by atoms with Crippen LogP contribution in [0.4, 0.5) is 4.39 Å². The standard InChI is InChI=1S/C13H18FNO/c1-16-12-6-5-11(13(14)9-12)10-15-7-3-2-4-8-15/h5-6,9H,2-4,7-8,10H2,1H3. The van der Waals surface area contributed by atoms with Gasteiger partial charge in [-0.3, -0.25) is 4.90 Å². The summed E-state index contributed by atoms with van der Waals surface area (Å²) in [4.78, 5) is 2.31. The minimum atomic E-state index is -0.162. The number of ether oxygens (including phenoxy) is 1. The average molecular weight is 223 g/mol. The van der Waals surface area contributed by atoms with Crippen molar-refractivity contribution in [3.05, 3.63) is 29.6 Å². The lowest BCUT2D eigenvalue weighted by Crippen LogP contribution is -2.29. The van der Waals surface area contributed by atoms with Crippen LogP contribution < -0.4 is 4.74 Å². The Labute approximate surface area is 96.0 Å². The second-order valence-electron chi connectivity index (χ2n) is 4.29. The van der Waals surface area contributed by atoms with Gasteiger partial charge in [0, 0.05) is 18.2 Å². The summed E-state index contributed by atoms with van der Waals surface area (Å²) in [6.07, 6.45) is 3.77. The van der Waals surface area contributed by atoms with Crippen molar-refractivity contribution >= 4 is 0 Å². The van der Waals surface area contributed by atoms with Crippen molar-refractivity contribution in [1.82, 2.24) is 4.90 Å². The van der Waals surface area contributed by atoms with E-state index in [9.17, 15) is 4.39 Å². The van der Waals surface area contributed by atoms with Crippen molar-refractivity contribution in [3.63, 3.8) is 0 Å². The predicted molar refractivity (Wildman–Crippen MR) is 62.1 cm³/mol. The van der Waals surface area contributed by atoms with Crippen molar-refractivity contribution < 1.29 is 9.13 Å². The van der Waals surface area contributed by atoms with Crippen molar-refractivity contribution in [3.8, 4) is 5.75 Å². The zero-order valence-electron chi connectivity index (χ0n) is 9.71. The summed E-state index contributed by atoms with van der Waals surface area (Å²) in [5.41, 5.74) is 0.766. The van der Waals surface area contributed by atoms with Crippen LogP contribution in [0.15, 0.2) is 18.2 Å². The fourth-order valence-electron chi connectivity index (χ4n) is 2.14. The first-order valence-corrected chi connectivity index (χ1v) is 5.84. The van der Waals surface area contributed by atoms with Gasteiger partial charge < -0.3 is 4.74 Å². The number of nitrogens with zero attached hydrogens (tertiary/aromatic N) is 1. The summed E-state index contributed by atoms with van der Waals surface area (Å²) in [5.74, 6) is 0.421. The molecule has 88 valence electrons. The smallest absolute Gasteiger partial charge is 0.131 e. The topological polar surface area (TPSA) is 12.5 Å². The van der Waals surface area contributed by atoms with Crippen molar-refractivity contribution in [2.24, 2.45) is 0 Å². The summed E-state index contributed by atoms with van der Waals surface area (Å²) >= 11 is 0. The molecule has 0 saturated carbocycles. The number of piperidine rings is 1. The lowest BCUT2D eigenvalue weighted by atomic mass is 10.1. The Balaban J connectivity index is 2.03. The Morgan fingerprint density at radius 3 is 2.62 bits per heavy atom. The van der Waals surface area contributed by atoms with Crippen molar-refractivity contribution in [1.29, 1.82) is 0 Å². The molecule has 1 saturated heterocycles. The molecular formula is C13H18FNO. The number of halogens is 1. The van der Waals surface area contributed by atoms with Crippen LogP contribution in [0.25, 0.3) is 0 Å². The van der Waals surface area contributed by atoms with E-state index >= 15 is 0 Å². The minimum absolute atomic E-state index is 0.162. The van der Waals surface area contributed by atoms with Gasteiger partial charge in [0.1, 0.15) is 11.6 Å². The molecule has 0 amide bonds. The third-order valence-electron chi connectivity index (χ3n) is 3.10. The molecule has 0 bridgehead atoms. The monoisotopic (exact) mass is 223 g/mol. The largest absolute Gasteiger partial charge is 0.497 e. The Morgan fingerprint density at radius 1 is 1.25 bits per heavy atom. The summed E-state index contributed by atoms with van der Waals surface area (Å²) in [7, 11) is 1.55. The predicted octanol–water partition coefficient (Wildman–Crippen LogP) is 2.82. The van der Waals surface area contributed by atoms with Gasteiger partial charge in [0.15, 0.2) is 0 Å². The van der Waals surface area contributed by atoms with Gasteiger partial charge in [-0.2, -0.15) is 0 Å². The zero-order chi connectivity index (χ0) is 11.4. The van der Waals surface area contributed by atoms with E-state index in [4.69, 9.17) is 4.74 Å². The van der Waals surface area contributed by atoms with Crippen LogP contribution in [0, 0.1) is 5.82 Å². The summed E-state index contributed by atoms with van der Waals surface area (Å²) in [5, 5.41) is 0. The molecule has 1 aliphatic heterocycles. The van der Waals surface area contributed by atoms with Crippen LogP contribution >= 0.6 is 0 Å². The molecule has 1 aromatic carbocycles. The SMILES string of the molecule is COc1ccc(CN2CCCCC2)c(F)c1. The molecule has 0 aromatic heterocycles. The highest BCUT2D eigenvalue weighted by Gasteiger charge is 2.12. The molecule has 1 heterocycles. The molecule has 0 radical (unpaired) electrons. The number of likely N-dealkylation sites (tertiary alicyclic amines) is 1. The molecule has 1 aliphatic rings. The second kappa shape index (κ2) is 5.30. The molecule has 16 heavy (non-hydrogen) atoms. The third kappa shape index (κ3) is 2.73. The van der Waals surface area contributed by atoms with Crippen LogP contribution in [-0.4, -0.2) is 25.1 Å². The van der Waals surface area contributed by atoms with Crippen LogP contribution in [0.1, 0.15) is 24.8 Å². The Hall–Kier alpha value is -1.09. The highest BCUT2D eigenvalue weighted by Crippen LogP contribution is 2.19. The lowest BCUT2D eigenvalue weighted by Gasteiger charge is -2.26. The van der Waals surface area contributed by atoms with Gasteiger partial charge in [-0.15, -0.1) is 0 Å². The summed E-state index contributed by atoms with van der Waals surface area (Å²) < 4.78 is 18.7. The van der Waals surface area contributed by atoms with Gasteiger partial charge in [-0.25, -0.2) is 4.39 Å². The minimum Gasteiger partial charge on any atom is -0.497 e. The Bertz CT molecular complexity index is 348. The van der Waals surface area contributed by atoms with Gasteiger partial charge in [0.05, 0.1) is 7.11 Å². The normalized spacial score (nSPS) is 17.4. The molecule has 0 unspecified atom stereocenters. The molecular weight excluding hydrogens is 205 g/mol. The Morgan fingerprint density at radius 2 is 2.00 bits per heavy atom. The fourth-order valence-corrected chi connectivity index (χ4v) is 2.14. The molecule has 2 nitrogen and oxygen atoms in total. The number of hydrogen-bond acceptors (Lipinski definition) is 2. The fraction of sp³-hybridized carbons (Fsp3) is 0.538. The zero-order valence-corrected chi connectivity index (χ0v) is 9.71. The molecule has 0 N–H and O–H groups in total. The van der Waals surface area contributed by atoms with Gasteiger partial charge in [-0.05, 0) is 32.0 Å². The van der Waals surface area contributed by atoms with E-state index in [0.29, 0.717) is 5.75 Å². The van der Waals surface area contributed by atoms with Crippen molar-refractivity contribution in [2.45, 2.75) is 25.8 Å². The summed E-state index contributed by atoms with van der Waals surface area (Å²) in [6, 6.07) is 5.10. The van der Waals surface area contributed by atoms with E-state index in [2.05, 4.69) is 4.90 Å². The van der Waals surface area contributed by atoms with E-state index in [1.54, 1.807) is 7.11 Å². The van der Waals surface area contributed by atoms with Crippen LogP contribution in [-0.2, 0) is 6.54 Å². The molecule has 0 atom stereocenters. The number of rotatable bonds is 3.